The van der Waals surface area contributed by atoms with Gasteiger partial charge in [0.05, 0.1) is 29.4 Å². The van der Waals surface area contributed by atoms with E-state index in [0.717, 1.165) is 41.7 Å². The highest BCUT2D eigenvalue weighted by Crippen LogP contribution is 2.17. The Balaban J connectivity index is 0.000000241. The van der Waals surface area contributed by atoms with Gasteiger partial charge in [0.2, 0.25) is 5.91 Å². The number of nitrogens with two attached hydrogens (primary N) is 1. The first kappa shape index (κ1) is 25.4. The molecular formula is C25H29N7O3. The first-order chi connectivity index (χ1) is 16.9. The van der Waals surface area contributed by atoms with E-state index in [9.17, 15) is 9.59 Å². The van der Waals surface area contributed by atoms with Crippen LogP contribution in [0.5, 0.6) is 0 Å². The third kappa shape index (κ3) is 6.22. The smallest absolute Gasteiger partial charge is 0.255 e. The van der Waals surface area contributed by atoms with Crippen LogP contribution < -0.4 is 11.1 Å². The van der Waals surface area contributed by atoms with Gasteiger partial charge < -0.3 is 20.7 Å². The fourth-order valence-corrected chi connectivity index (χ4v) is 3.78. The van der Waals surface area contributed by atoms with E-state index in [-0.39, 0.29) is 17.5 Å². The number of aromatic amines is 1. The van der Waals surface area contributed by atoms with Crippen LogP contribution in [0.1, 0.15) is 40.2 Å². The van der Waals surface area contributed by atoms with E-state index >= 15 is 0 Å². The van der Waals surface area contributed by atoms with Crippen molar-refractivity contribution in [3.63, 3.8) is 0 Å². The van der Waals surface area contributed by atoms with Crippen molar-refractivity contribution < 1.29 is 14.3 Å². The molecule has 1 aliphatic rings. The topological polar surface area (TPSA) is 139 Å². The molecule has 35 heavy (non-hydrogen) atoms. The first-order valence-corrected chi connectivity index (χ1v) is 11.1. The van der Waals surface area contributed by atoms with E-state index in [4.69, 9.17) is 10.5 Å². The molecule has 1 aliphatic heterocycles. The van der Waals surface area contributed by atoms with Crippen LogP contribution in [0, 0.1) is 18.8 Å². The van der Waals surface area contributed by atoms with Gasteiger partial charge in [-0.05, 0) is 50.0 Å². The molecule has 3 heterocycles. The normalized spacial score (nSPS) is 14.5. The summed E-state index contributed by atoms with van der Waals surface area (Å²) in [5, 5.41) is 9.47. The molecule has 10 heteroatoms. The lowest BCUT2D eigenvalue weighted by Gasteiger charge is -2.22. The molecule has 0 bridgehead atoms. The molecule has 0 aliphatic carbocycles. The molecule has 3 aromatic rings. The van der Waals surface area contributed by atoms with Crippen molar-refractivity contribution in [3.8, 4) is 11.8 Å². The van der Waals surface area contributed by atoms with Gasteiger partial charge in [-0.2, -0.15) is 5.10 Å². The summed E-state index contributed by atoms with van der Waals surface area (Å²) in [4.78, 5) is 33.3. The largest absolute Gasteiger partial charge is 0.383 e. The highest BCUT2D eigenvalue weighted by Gasteiger charge is 2.26. The Labute approximate surface area is 204 Å². The SMILES string of the molecule is C=CC(=O)N1CCCC1COC.CNc1n[nH]c(C#Cc2ccc3ncc(C)nc3c2)c1C(N)=O. The molecule has 182 valence electrons. The van der Waals surface area contributed by atoms with Crippen LogP contribution in [0.15, 0.2) is 37.1 Å². The number of rotatable bonds is 5. The summed E-state index contributed by atoms with van der Waals surface area (Å²) in [7, 11) is 3.32. The number of aromatic nitrogens is 4. The third-order valence-electron chi connectivity index (χ3n) is 5.44. The number of nitrogens with one attached hydrogen (secondary N) is 2. The van der Waals surface area contributed by atoms with Crippen molar-refractivity contribution in [2.24, 2.45) is 5.73 Å². The number of benzene rings is 1. The summed E-state index contributed by atoms with van der Waals surface area (Å²) in [6.45, 7) is 6.84. The van der Waals surface area contributed by atoms with Crippen molar-refractivity contribution in [2.75, 3.05) is 32.6 Å². The average Bonchev–Trinajstić information content (AvgIpc) is 3.49. The van der Waals surface area contributed by atoms with Crippen LogP contribution in [0.4, 0.5) is 5.82 Å². The predicted molar refractivity (Wildman–Crippen MR) is 134 cm³/mol. The Morgan fingerprint density at radius 3 is 2.86 bits per heavy atom. The lowest BCUT2D eigenvalue weighted by molar-refractivity contribution is -0.127. The van der Waals surface area contributed by atoms with Crippen molar-refractivity contribution in [1.82, 2.24) is 25.1 Å². The Kier molecular flexibility index (Phi) is 8.53. The maximum atomic E-state index is 11.5. The van der Waals surface area contributed by atoms with Crippen LogP contribution >= 0.6 is 0 Å². The first-order valence-electron chi connectivity index (χ1n) is 11.1. The second kappa shape index (κ2) is 11.8. The van der Waals surface area contributed by atoms with Crippen LogP contribution in [0.2, 0.25) is 0 Å². The molecule has 4 rings (SSSR count). The summed E-state index contributed by atoms with van der Waals surface area (Å²) in [5.41, 5.74) is 9.16. The molecule has 1 fully saturated rings. The summed E-state index contributed by atoms with van der Waals surface area (Å²) >= 11 is 0. The number of aryl methyl sites for hydroxylation is 1. The number of likely N-dealkylation sites (tertiary alicyclic amines) is 1. The Morgan fingerprint density at radius 1 is 1.37 bits per heavy atom. The number of carbonyl (C=O) groups excluding carboxylic acids is 2. The minimum atomic E-state index is -0.590. The molecule has 2 amide bonds. The van der Waals surface area contributed by atoms with E-state index in [1.807, 2.05) is 30.0 Å². The zero-order valence-electron chi connectivity index (χ0n) is 20.1. The van der Waals surface area contributed by atoms with Crippen molar-refractivity contribution in [1.29, 1.82) is 0 Å². The molecule has 10 nitrogen and oxygen atoms in total. The zero-order valence-corrected chi connectivity index (χ0v) is 20.1. The maximum absolute atomic E-state index is 11.5. The van der Waals surface area contributed by atoms with Crippen LogP contribution in [-0.4, -0.2) is 70.2 Å². The zero-order chi connectivity index (χ0) is 25.4. The van der Waals surface area contributed by atoms with Gasteiger partial charge in [0.25, 0.3) is 5.91 Å². The maximum Gasteiger partial charge on any atom is 0.255 e. The van der Waals surface area contributed by atoms with E-state index in [0.29, 0.717) is 18.1 Å². The van der Waals surface area contributed by atoms with Gasteiger partial charge in [0.15, 0.2) is 5.82 Å². The number of anilines is 1. The van der Waals surface area contributed by atoms with Gasteiger partial charge in [-0.1, -0.05) is 12.5 Å². The minimum Gasteiger partial charge on any atom is -0.383 e. The summed E-state index contributed by atoms with van der Waals surface area (Å²) in [5.74, 6) is 5.68. The molecule has 4 N–H and O–H groups in total. The molecule has 0 radical (unpaired) electrons. The van der Waals surface area contributed by atoms with Crippen LogP contribution in [0.25, 0.3) is 11.0 Å². The molecule has 0 spiro atoms. The van der Waals surface area contributed by atoms with E-state index in [1.54, 1.807) is 20.4 Å². The number of hydrogen-bond acceptors (Lipinski definition) is 7. The van der Waals surface area contributed by atoms with E-state index < -0.39 is 5.91 Å². The van der Waals surface area contributed by atoms with Crippen LogP contribution in [-0.2, 0) is 9.53 Å². The van der Waals surface area contributed by atoms with E-state index in [1.165, 1.54) is 6.08 Å². The van der Waals surface area contributed by atoms with Gasteiger partial charge in [-0.15, -0.1) is 0 Å². The molecule has 1 aromatic carbocycles. The Bertz CT molecular complexity index is 1290. The van der Waals surface area contributed by atoms with Crippen molar-refractivity contribution in [3.05, 3.63) is 59.6 Å². The fourth-order valence-electron chi connectivity index (χ4n) is 3.78. The lowest BCUT2D eigenvalue weighted by Crippen LogP contribution is -2.36. The number of fused-ring (bicyclic) bond motifs is 1. The van der Waals surface area contributed by atoms with Crippen molar-refractivity contribution in [2.45, 2.75) is 25.8 Å². The van der Waals surface area contributed by atoms with Gasteiger partial charge >= 0.3 is 0 Å². The molecular weight excluding hydrogens is 446 g/mol. The van der Waals surface area contributed by atoms with Gasteiger partial charge in [-0.25, -0.2) is 4.98 Å². The summed E-state index contributed by atoms with van der Waals surface area (Å²) in [6.07, 6.45) is 5.21. The minimum absolute atomic E-state index is 0.0227. The lowest BCUT2D eigenvalue weighted by atomic mass is 10.1. The summed E-state index contributed by atoms with van der Waals surface area (Å²) < 4.78 is 5.02. The molecule has 1 saturated heterocycles. The fraction of sp³-hybridized carbons (Fsp3) is 0.320. The number of carbonyl (C=O) groups is 2. The number of nitrogens with zero attached hydrogens (tertiary/aromatic N) is 4. The van der Waals surface area contributed by atoms with Gasteiger partial charge in [0, 0.05) is 32.5 Å². The van der Waals surface area contributed by atoms with Gasteiger partial charge in [0.1, 0.15) is 11.3 Å². The highest BCUT2D eigenvalue weighted by atomic mass is 16.5. The second-order valence-corrected chi connectivity index (χ2v) is 7.89. The average molecular weight is 476 g/mol. The second-order valence-electron chi connectivity index (χ2n) is 7.89. The Morgan fingerprint density at radius 2 is 2.17 bits per heavy atom. The number of hydrogen-bond donors (Lipinski definition) is 3. The molecule has 1 unspecified atom stereocenters. The predicted octanol–water partition coefficient (Wildman–Crippen LogP) is 2.01. The quantitative estimate of drug-likeness (QED) is 0.379. The molecule has 1 atom stereocenters. The molecule has 0 saturated carbocycles. The van der Waals surface area contributed by atoms with Gasteiger partial charge in [-0.3, -0.25) is 19.7 Å². The number of H-pyrrole nitrogens is 1. The third-order valence-corrected chi connectivity index (χ3v) is 5.44. The van der Waals surface area contributed by atoms with Crippen molar-refractivity contribution >= 4 is 28.7 Å². The Hall–Kier alpha value is -4.23. The number of ether oxygens (including phenoxy) is 1. The molecule has 2 aromatic heterocycles. The number of amides is 2. The van der Waals surface area contributed by atoms with E-state index in [2.05, 4.69) is 43.9 Å². The highest BCUT2D eigenvalue weighted by molar-refractivity contribution is 5.99. The monoisotopic (exact) mass is 475 g/mol. The summed E-state index contributed by atoms with van der Waals surface area (Å²) in [6, 6.07) is 5.81. The number of methoxy groups -OCH3 is 1. The number of primary amides is 1. The standard InChI is InChI=1S/C16H14N6O.C9H15NO2/c1-9-8-19-11-5-3-10(7-13(11)20-9)4-6-12-14(15(17)23)16(18-2)22-21-12;1-3-9(11)10-6-4-5-8(10)7-12-2/h3,5,7-8H,1-2H3,(H2,17,23)(H2,18,21,22);3,8H,1,4-7H2,2H3. The van der Waals surface area contributed by atoms with Crippen LogP contribution in [0.3, 0.4) is 0 Å².